The maximum atomic E-state index is 14.4. The summed E-state index contributed by atoms with van der Waals surface area (Å²) in [5.41, 5.74) is 8.59. The molecule has 4 heterocycles. The summed E-state index contributed by atoms with van der Waals surface area (Å²) in [6.07, 6.45) is 7.42. The summed E-state index contributed by atoms with van der Waals surface area (Å²) in [5.74, 6) is -0.963. The molecule has 1 amide bonds. The standard InChI is InChI=1S/C23H23F2N7O/c1-14-11-32-12-15(10-17(25)21(32)29-14)30-22(33)16-2-3-18(20-19(16)27-6-7-28-20)31-8-4-23(26,13-24)5-9-31/h2-3,6-7,10-12H,4-5,8-9,13,26H2,1H3,(H,30,33). The van der Waals surface area contributed by atoms with Gasteiger partial charge in [-0.15, -0.1) is 0 Å². The predicted molar refractivity (Wildman–Crippen MR) is 122 cm³/mol. The van der Waals surface area contributed by atoms with Crippen LogP contribution in [0.5, 0.6) is 0 Å². The Labute approximate surface area is 188 Å². The summed E-state index contributed by atoms with van der Waals surface area (Å²) in [6.45, 7) is 2.39. The number of rotatable bonds is 4. The molecule has 0 atom stereocenters. The van der Waals surface area contributed by atoms with Crippen LogP contribution in [0.2, 0.25) is 0 Å². The van der Waals surface area contributed by atoms with Crippen LogP contribution in [0.25, 0.3) is 16.7 Å². The molecular weight excluding hydrogens is 428 g/mol. The van der Waals surface area contributed by atoms with Crippen LogP contribution >= 0.6 is 0 Å². The number of nitrogens with one attached hydrogen (secondary N) is 1. The fourth-order valence-corrected chi connectivity index (χ4v) is 4.25. The molecule has 4 aromatic rings. The second-order valence-electron chi connectivity index (χ2n) is 8.51. The Balaban J connectivity index is 1.46. The molecule has 0 saturated carbocycles. The lowest BCUT2D eigenvalue weighted by Gasteiger charge is -2.38. The molecule has 1 aromatic carbocycles. The number of fused-ring (bicyclic) bond motifs is 2. The zero-order valence-corrected chi connectivity index (χ0v) is 18.1. The van der Waals surface area contributed by atoms with E-state index in [1.54, 1.807) is 31.6 Å². The van der Waals surface area contributed by atoms with Gasteiger partial charge in [0.1, 0.15) is 17.7 Å². The monoisotopic (exact) mass is 451 g/mol. The molecule has 10 heteroatoms. The zero-order chi connectivity index (χ0) is 23.2. The van der Waals surface area contributed by atoms with Crippen molar-refractivity contribution in [3.63, 3.8) is 0 Å². The van der Waals surface area contributed by atoms with Crippen LogP contribution in [-0.4, -0.2) is 50.6 Å². The number of imidazole rings is 1. The molecule has 1 fully saturated rings. The number of nitrogens with zero attached hydrogens (tertiary/aromatic N) is 5. The van der Waals surface area contributed by atoms with E-state index in [0.29, 0.717) is 53.9 Å². The fourth-order valence-electron chi connectivity index (χ4n) is 4.25. The van der Waals surface area contributed by atoms with Crippen molar-refractivity contribution in [2.75, 3.05) is 30.0 Å². The maximum Gasteiger partial charge on any atom is 0.257 e. The number of carbonyl (C=O) groups is 1. The molecular formula is C23H23F2N7O. The highest BCUT2D eigenvalue weighted by Crippen LogP contribution is 2.31. The Morgan fingerprint density at radius 2 is 1.91 bits per heavy atom. The number of aromatic nitrogens is 4. The zero-order valence-electron chi connectivity index (χ0n) is 18.1. The van der Waals surface area contributed by atoms with Crippen molar-refractivity contribution in [2.24, 2.45) is 5.73 Å². The van der Waals surface area contributed by atoms with E-state index < -0.39 is 23.9 Å². The van der Waals surface area contributed by atoms with Gasteiger partial charge in [-0.25, -0.2) is 13.8 Å². The number of alkyl halides is 1. The fraction of sp³-hybridized carbons (Fsp3) is 0.304. The van der Waals surface area contributed by atoms with Crippen molar-refractivity contribution in [3.05, 3.63) is 60.1 Å². The molecule has 1 aliphatic heterocycles. The van der Waals surface area contributed by atoms with Gasteiger partial charge in [0.15, 0.2) is 11.5 Å². The normalized spacial score (nSPS) is 15.8. The third-order valence-corrected chi connectivity index (χ3v) is 6.10. The van der Waals surface area contributed by atoms with Gasteiger partial charge in [-0.05, 0) is 31.9 Å². The van der Waals surface area contributed by atoms with Gasteiger partial charge in [0.25, 0.3) is 5.91 Å². The Morgan fingerprint density at radius 3 is 2.64 bits per heavy atom. The van der Waals surface area contributed by atoms with Gasteiger partial charge in [-0.3, -0.25) is 14.8 Å². The lowest BCUT2D eigenvalue weighted by Crippen LogP contribution is -2.52. The summed E-state index contributed by atoms with van der Waals surface area (Å²) >= 11 is 0. The molecule has 33 heavy (non-hydrogen) atoms. The second-order valence-corrected chi connectivity index (χ2v) is 8.51. The lowest BCUT2D eigenvalue weighted by atomic mass is 9.89. The molecule has 8 nitrogen and oxygen atoms in total. The molecule has 0 bridgehead atoms. The SMILES string of the molecule is Cc1cn2cc(NC(=O)c3ccc(N4CCC(N)(CF)CC4)c4nccnc34)cc(F)c2n1. The predicted octanol–water partition coefficient (Wildman–Crippen LogP) is 3.24. The first-order valence-electron chi connectivity index (χ1n) is 10.7. The summed E-state index contributed by atoms with van der Waals surface area (Å²) in [6, 6.07) is 4.73. The van der Waals surface area contributed by atoms with Crippen LogP contribution in [0.1, 0.15) is 28.9 Å². The molecule has 3 aromatic heterocycles. The van der Waals surface area contributed by atoms with Crippen LogP contribution in [-0.2, 0) is 0 Å². The number of piperidine rings is 1. The Hall–Kier alpha value is -3.66. The van der Waals surface area contributed by atoms with Crippen molar-refractivity contribution < 1.29 is 13.6 Å². The van der Waals surface area contributed by atoms with Gasteiger partial charge in [0, 0.05) is 49.5 Å². The van der Waals surface area contributed by atoms with Crippen molar-refractivity contribution in [1.29, 1.82) is 0 Å². The Bertz CT molecular complexity index is 1360. The van der Waals surface area contributed by atoms with E-state index in [1.807, 2.05) is 6.07 Å². The molecule has 0 spiro atoms. The van der Waals surface area contributed by atoms with Gasteiger partial charge in [0.2, 0.25) is 0 Å². The Kier molecular flexibility index (Phi) is 5.16. The second kappa shape index (κ2) is 8.04. The van der Waals surface area contributed by atoms with E-state index >= 15 is 0 Å². The average molecular weight is 451 g/mol. The van der Waals surface area contributed by atoms with Crippen LogP contribution in [0.3, 0.4) is 0 Å². The largest absolute Gasteiger partial charge is 0.370 e. The van der Waals surface area contributed by atoms with E-state index in [-0.39, 0.29) is 5.65 Å². The quantitative estimate of drug-likeness (QED) is 0.494. The minimum Gasteiger partial charge on any atom is -0.370 e. The van der Waals surface area contributed by atoms with Crippen molar-refractivity contribution in [1.82, 2.24) is 19.4 Å². The maximum absolute atomic E-state index is 14.4. The van der Waals surface area contributed by atoms with Gasteiger partial charge < -0.3 is 20.4 Å². The Morgan fingerprint density at radius 1 is 1.18 bits per heavy atom. The number of anilines is 2. The van der Waals surface area contributed by atoms with Crippen molar-refractivity contribution >= 4 is 34.0 Å². The number of aryl methyl sites for hydroxylation is 1. The number of hydrogen-bond acceptors (Lipinski definition) is 6. The number of nitrogens with two attached hydrogens (primary N) is 1. The first kappa shape index (κ1) is 21.2. The molecule has 3 N–H and O–H groups in total. The average Bonchev–Trinajstić information content (AvgIpc) is 3.20. The number of hydrogen-bond donors (Lipinski definition) is 2. The molecule has 0 aliphatic carbocycles. The van der Waals surface area contributed by atoms with E-state index in [4.69, 9.17) is 5.73 Å². The summed E-state index contributed by atoms with van der Waals surface area (Å²) in [5, 5.41) is 2.74. The molecule has 1 saturated heterocycles. The smallest absolute Gasteiger partial charge is 0.257 e. The van der Waals surface area contributed by atoms with Crippen molar-refractivity contribution in [2.45, 2.75) is 25.3 Å². The summed E-state index contributed by atoms with van der Waals surface area (Å²) in [4.78, 5) is 28.2. The van der Waals surface area contributed by atoms with Crippen LogP contribution < -0.4 is 16.0 Å². The molecule has 1 aliphatic rings. The van der Waals surface area contributed by atoms with Gasteiger partial charge in [0.05, 0.1) is 22.6 Å². The highest BCUT2D eigenvalue weighted by Gasteiger charge is 2.31. The summed E-state index contributed by atoms with van der Waals surface area (Å²) in [7, 11) is 0. The number of benzene rings is 1. The van der Waals surface area contributed by atoms with E-state index in [1.165, 1.54) is 16.7 Å². The van der Waals surface area contributed by atoms with E-state index in [2.05, 4.69) is 25.2 Å². The third-order valence-electron chi connectivity index (χ3n) is 6.10. The molecule has 0 radical (unpaired) electrons. The number of halogens is 2. The molecule has 5 rings (SSSR count). The highest BCUT2D eigenvalue weighted by molar-refractivity contribution is 6.13. The minimum absolute atomic E-state index is 0.196. The number of amides is 1. The topological polar surface area (TPSA) is 101 Å². The third kappa shape index (κ3) is 3.86. The highest BCUT2D eigenvalue weighted by atomic mass is 19.1. The summed E-state index contributed by atoms with van der Waals surface area (Å²) < 4.78 is 29.2. The van der Waals surface area contributed by atoms with Crippen molar-refractivity contribution in [3.8, 4) is 0 Å². The van der Waals surface area contributed by atoms with Gasteiger partial charge in [-0.1, -0.05) is 0 Å². The molecule has 170 valence electrons. The molecule has 0 unspecified atom stereocenters. The first-order chi connectivity index (χ1) is 15.9. The minimum atomic E-state index is -0.790. The van der Waals surface area contributed by atoms with Crippen LogP contribution in [0, 0.1) is 12.7 Å². The van der Waals surface area contributed by atoms with Crippen LogP contribution in [0.4, 0.5) is 20.2 Å². The van der Waals surface area contributed by atoms with E-state index in [0.717, 1.165) is 5.69 Å². The van der Waals surface area contributed by atoms with E-state index in [9.17, 15) is 13.6 Å². The number of pyridine rings is 1. The van der Waals surface area contributed by atoms with Gasteiger partial charge in [-0.2, -0.15) is 0 Å². The van der Waals surface area contributed by atoms with Crippen LogP contribution in [0.15, 0.2) is 43.0 Å². The first-order valence-corrected chi connectivity index (χ1v) is 10.7. The number of carbonyl (C=O) groups excluding carboxylic acids is 1. The lowest BCUT2D eigenvalue weighted by molar-refractivity contribution is 0.102. The van der Waals surface area contributed by atoms with Gasteiger partial charge >= 0.3 is 0 Å².